The molecule has 1 amide bonds. The van der Waals surface area contributed by atoms with Gasteiger partial charge in [-0.05, 0) is 19.1 Å². The highest BCUT2D eigenvalue weighted by Gasteiger charge is 2.36. The summed E-state index contributed by atoms with van der Waals surface area (Å²) in [5.74, 6) is 0.723. The van der Waals surface area contributed by atoms with Crippen molar-refractivity contribution >= 4 is 29.0 Å². The zero-order valence-electron chi connectivity index (χ0n) is 11.0. The van der Waals surface area contributed by atoms with Crippen LogP contribution in [-0.2, 0) is 4.79 Å². The predicted octanol–water partition coefficient (Wildman–Crippen LogP) is 2.65. The first kappa shape index (κ1) is 13.9. The second-order valence-electron chi connectivity index (χ2n) is 5.46. The molecule has 2 heterocycles. The lowest BCUT2D eigenvalue weighted by molar-refractivity contribution is -0.129. The Morgan fingerprint density at radius 2 is 2.22 bits per heavy atom. The number of hydrogen-bond acceptors (Lipinski definition) is 4. The van der Waals surface area contributed by atoms with Gasteiger partial charge in [0.2, 0.25) is 5.91 Å². The number of rotatable bonds is 4. The van der Waals surface area contributed by atoms with Crippen LogP contribution in [0.2, 0.25) is 0 Å². The van der Waals surface area contributed by atoms with Crippen LogP contribution >= 0.6 is 23.1 Å². The molecule has 5 heteroatoms. The summed E-state index contributed by atoms with van der Waals surface area (Å²) in [7, 11) is 0. The molecular weight excluding hydrogens is 266 g/mol. The Balaban J connectivity index is 2.18. The van der Waals surface area contributed by atoms with Crippen molar-refractivity contribution in [2.45, 2.75) is 26.1 Å². The van der Waals surface area contributed by atoms with E-state index in [9.17, 15) is 9.90 Å². The molecule has 1 aliphatic rings. The molecule has 1 atom stereocenters. The van der Waals surface area contributed by atoms with Crippen molar-refractivity contribution in [3.8, 4) is 0 Å². The molecule has 1 aromatic rings. The lowest BCUT2D eigenvalue weighted by Gasteiger charge is -2.31. The number of aryl methyl sites for hydroxylation is 1. The van der Waals surface area contributed by atoms with Crippen molar-refractivity contribution in [2.75, 3.05) is 18.9 Å². The fourth-order valence-corrected chi connectivity index (χ4v) is 4.26. The highest BCUT2D eigenvalue weighted by molar-refractivity contribution is 8.00. The molecule has 0 bridgehead atoms. The number of carbonyl (C=O) groups excluding carboxylic acids is 1. The van der Waals surface area contributed by atoms with Crippen LogP contribution in [0.4, 0.5) is 0 Å². The van der Waals surface area contributed by atoms with Crippen LogP contribution in [0.3, 0.4) is 0 Å². The van der Waals surface area contributed by atoms with E-state index in [-0.39, 0.29) is 23.3 Å². The molecule has 1 N–H and O–H groups in total. The minimum Gasteiger partial charge on any atom is -0.396 e. The Hall–Kier alpha value is -0.520. The number of carbonyl (C=O) groups is 1. The zero-order valence-corrected chi connectivity index (χ0v) is 12.6. The molecule has 0 radical (unpaired) electrons. The lowest BCUT2D eigenvalue weighted by Crippen LogP contribution is -2.38. The van der Waals surface area contributed by atoms with Gasteiger partial charge < -0.3 is 10.0 Å². The summed E-state index contributed by atoms with van der Waals surface area (Å²) in [5.41, 5.74) is -0.245. The molecule has 1 fully saturated rings. The van der Waals surface area contributed by atoms with E-state index in [0.29, 0.717) is 12.3 Å². The number of aliphatic hydroxyl groups is 1. The SMILES string of the molecule is Cc1ccc(C2SCC(=O)N2CC(C)(C)CO)s1. The molecular formula is C13H19NO2S2. The van der Waals surface area contributed by atoms with E-state index < -0.39 is 0 Å². The molecule has 18 heavy (non-hydrogen) atoms. The average Bonchev–Trinajstić information content (AvgIpc) is 2.87. The van der Waals surface area contributed by atoms with Gasteiger partial charge in [-0.2, -0.15) is 0 Å². The quantitative estimate of drug-likeness (QED) is 0.924. The van der Waals surface area contributed by atoms with Crippen LogP contribution in [0, 0.1) is 12.3 Å². The summed E-state index contributed by atoms with van der Waals surface area (Å²) in [5, 5.41) is 9.49. The van der Waals surface area contributed by atoms with Gasteiger partial charge in [-0.3, -0.25) is 4.79 Å². The summed E-state index contributed by atoms with van der Waals surface area (Å²) in [4.78, 5) is 16.4. The summed E-state index contributed by atoms with van der Waals surface area (Å²) >= 11 is 3.43. The number of aliphatic hydroxyl groups excluding tert-OH is 1. The standard InChI is InChI=1S/C13H19NO2S2/c1-9-4-5-10(18-9)12-14(11(16)6-17-12)7-13(2,3)8-15/h4-5,12,15H,6-8H2,1-3H3. The van der Waals surface area contributed by atoms with Crippen LogP contribution in [-0.4, -0.2) is 34.8 Å². The number of thiophene rings is 1. The van der Waals surface area contributed by atoms with Gasteiger partial charge in [0.15, 0.2) is 0 Å². The van der Waals surface area contributed by atoms with Crippen LogP contribution in [0.15, 0.2) is 12.1 Å². The zero-order chi connectivity index (χ0) is 13.3. The molecule has 0 aliphatic carbocycles. The molecule has 2 rings (SSSR count). The van der Waals surface area contributed by atoms with E-state index in [1.54, 1.807) is 23.1 Å². The minimum atomic E-state index is -0.245. The van der Waals surface area contributed by atoms with Crippen LogP contribution < -0.4 is 0 Å². The van der Waals surface area contributed by atoms with Gasteiger partial charge in [-0.25, -0.2) is 0 Å². The van der Waals surface area contributed by atoms with Gasteiger partial charge in [-0.15, -0.1) is 23.1 Å². The maximum atomic E-state index is 12.0. The van der Waals surface area contributed by atoms with Crippen LogP contribution in [0.5, 0.6) is 0 Å². The van der Waals surface area contributed by atoms with Gasteiger partial charge in [0.25, 0.3) is 0 Å². The van der Waals surface area contributed by atoms with E-state index in [1.807, 2.05) is 18.7 Å². The monoisotopic (exact) mass is 285 g/mol. The largest absolute Gasteiger partial charge is 0.396 e. The summed E-state index contributed by atoms with van der Waals surface area (Å²) in [6, 6.07) is 4.20. The van der Waals surface area contributed by atoms with Crippen molar-refractivity contribution in [3.63, 3.8) is 0 Å². The Kier molecular flexibility index (Phi) is 4.04. The van der Waals surface area contributed by atoms with Crippen molar-refractivity contribution in [2.24, 2.45) is 5.41 Å². The Morgan fingerprint density at radius 3 is 2.78 bits per heavy atom. The van der Waals surface area contributed by atoms with Gasteiger partial charge >= 0.3 is 0 Å². The fraction of sp³-hybridized carbons (Fsp3) is 0.615. The van der Waals surface area contributed by atoms with Crippen molar-refractivity contribution in [1.82, 2.24) is 4.90 Å². The minimum absolute atomic E-state index is 0.0949. The molecule has 0 aromatic carbocycles. The molecule has 1 saturated heterocycles. The van der Waals surface area contributed by atoms with Gasteiger partial charge in [0.05, 0.1) is 5.75 Å². The third-order valence-electron chi connectivity index (χ3n) is 3.00. The Labute approximate surface area is 116 Å². The predicted molar refractivity (Wildman–Crippen MR) is 76.8 cm³/mol. The topological polar surface area (TPSA) is 40.5 Å². The lowest BCUT2D eigenvalue weighted by atomic mass is 9.94. The molecule has 0 saturated carbocycles. The Bertz CT molecular complexity index is 442. The van der Waals surface area contributed by atoms with E-state index >= 15 is 0 Å². The molecule has 3 nitrogen and oxygen atoms in total. The van der Waals surface area contributed by atoms with Crippen LogP contribution in [0.25, 0.3) is 0 Å². The van der Waals surface area contributed by atoms with E-state index in [2.05, 4.69) is 19.1 Å². The second kappa shape index (κ2) is 5.23. The highest BCUT2D eigenvalue weighted by Crippen LogP contribution is 2.42. The first-order chi connectivity index (χ1) is 8.43. The third kappa shape index (κ3) is 2.90. The van der Waals surface area contributed by atoms with Crippen molar-refractivity contribution < 1.29 is 9.90 Å². The van der Waals surface area contributed by atoms with Gasteiger partial charge in [0.1, 0.15) is 5.37 Å². The van der Waals surface area contributed by atoms with E-state index in [0.717, 1.165) is 0 Å². The molecule has 100 valence electrons. The summed E-state index contributed by atoms with van der Waals surface area (Å²) in [6.07, 6.45) is 0. The first-order valence-corrected chi connectivity index (χ1v) is 7.88. The van der Waals surface area contributed by atoms with Gasteiger partial charge in [0, 0.05) is 28.3 Å². The summed E-state index contributed by atoms with van der Waals surface area (Å²) < 4.78 is 0. The number of thioether (sulfide) groups is 1. The van der Waals surface area contributed by atoms with Crippen molar-refractivity contribution in [1.29, 1.82) is 0 Å². The molecule has 1 aliphatic heterocycles. The number of nitrogens with zero attached hydrogens (tertiary/aromatic N) is 1. The maximum Gasteiger partial charge on any atom is 0.233 e. The molecule has 0 spiro atoms. The molecule has 1 unspecified atom stereocenters. The maximum absolute atomic E-state index is 12.0. The average molecular weight is 285 g/mol. The highest BCUT2D eigenvalue weighted by atomic mass is 32.2. The van der Waals surface area contributed by atoms with Gasteiger partial charge in [-0.1, -0.05) is 13.8 Å². The molecule has 1 aromatic heterocycles. The number of amides is 1. The number of hydrogen-bond donors (Lipinski definition) is 1. The van der Waals surface area contributed by atoms with Crippen LogP contribution in [0.1, 0.15) is 29.0 Å². The van der Waals surface area contributed by atoms with E-state index in [4.69, 9.17) is 0 Å². The third-order valence-corrected chi connectivity index (χ3v) is 5.44. The second-order valence-corrected chi connectivity index (χ2v) is 7.84. The van der Waals surface area contributed by atoms with E-state index in [1.165, 1.54) is 9.75 Å². The summed E-state index contributed by atoms with van der Waals surface area (Å²) in [6.45, 7) is 6.76. The Morgan fingerprint density at radius 1 is 1.50 bits per heavy atom. The first-order valence-electron chi connectivity index (χ1n) is 6.01. The fourth-order valence-electron chi connectivity index (χ4n) is 1.96. The van der Waals surface area contributed by atoms with Crippen molar-refractivity contribution in [3.05, 3.63) is 21.9 Å². The smallest absolute Gasteiger partial charge is 0.233 e. The normalized spacial score (nSPS) is 20.8.